The minimum atomic E-state index is -1.35. The minimum Gasteiger partial charge on any atom is -0.545 e. The molecule has 7 heteroatoms. The van der Waals surface area contributed by atoms with E-state index in [9.17, 15) is 14.7 Å². The molecule has 94 valence electrons. The van der Waals surface area contributed by atoms with E-state index < -0.39 is 5.97 Å². The number of pyridine rings is 1. The summed E-state index contributed by atoms with van der Waals surface area (Å²) in [6.45, 7) is 0. The molecule has 3 aromatic rings. The molecule has 0 saturated carbocycles. The first-order chi connectivity index (χ1) is 9.16. The average molecular weight is 262 g/mol. The van der Waals surface area contributed by atoms with Crippen molar-refractivity contribution in [3.8, 4) is 5.69 Å². The molecule has 2 aromatic heterocycles. The average Bonchev–Trinajstić information content (AvgIpc) is 2.87. The normalized spacial score (nSPS) is 10.2. The molecule has 0 aliphatic heterocycles. The molecular weight excluding hydrogens is 255 g/mol. The van der Waals surface area contributed by atoms with Gasteiger partial charge in [-0.1, -0.05) is 6.07 Å². The van der Waals surface area contributed by atoms with Crippen molar-refractivity contribution in [2.24, 2.45) is 0 Å². The van der Waals surface area contributed by atoms with Gasteiger partial charge in [-0.15, -0.1) is 0 Å². The fourth-order valence-electron chi connectivity index (χ4n) is 1.86. The van der Waals surface area contributed by atoms with Crippen LogP contribution in [0.4, 0.5) is 0 Å². The summed E-state index contributed by atoms with van der Waals surface area (Å²) < 4.78 is 6.35. The zero-order valence-electron chi connectivity index (χ0n) is 10.6. The Kier molecular flexibility index (Phi) is 3.79. The molecule has 0 fully saturated rings. The third-order valence-corrected chi connectivity index (χ3v) is 2.75. The van der Waals surface area contributed by atoms with Crippen LogP contribution in [0.15, 0.2) is 52.1 Å². The molecule has 6 nitrogen and oxygen atoms in total. The summed E-state index contributed by atoms with van der Waals surface area (Å²) in [5.41, 5.74) is 1.02. The van der Waals surface area contributed by atoms with Crippen LogP contribution in [0.3, 0.4) is 0 Å². The summed E-state index contributed by atoms with van der Waals surface area (Å²) >= 11 is 0. The van der Waals surface area contributed by atoms with Gasteiger partial charge in [-0.25, -0.2) is 4.98 Å². The topological polar surface area (TPSA) is 88.2 Å². The minimum absolute atomic E-state index is 0. The second-order valence-corrected chi connectivity index (χ2v) is 3.89. The number of fused-ring (bicyclic) bond motifs is 1. The smallest absolute Gasteiger partial charge is 0.545 e. The Bertz CT molecular complexity index is 838. The van der Waals surface area contributed by atoms with Crippen LogP contribution in [0.25, 0.3) is 16.8 Å². The van der Waals surface area contributed by atoms with Crippen LogP contribution >= 0.6 is 0 Å². The van der Waals surface area contributed by atoms with E-state index in [0.717, 1.165) is 0 Å². The third kappa shape index (κ3) is 2.27. The largest absolute Gasteiger partial charge is 1.00 e. The third-order valence-electron chi connectivity index (χ3n) is 2.75. The maximum absolute atomic E-state index is 11.9. The predicted molar refractivity (Wildman–Crippen MR) is 63.9 cm³/mol. The first-order valence-electron chi connectivity index (χ1n) is 5.43. The quantitative estimate of drug-likeness (QED) is 0.470. The monoisotopic (exact) mass is 262 g/mol. The first-order valence-corrected chi connectivity index (χ1v) is 5.43. The van der Waals surface area contributed by atoms with Gasteiger partial charge >= 0.3 is 18.9 Å². The van der Waals surface area contributed by atoms with E-state index in [1.807, 2.05) is 0 Å². The summed E-state index contributed by atoms with van der Waals surface area (Å²) in [7, 11) is 0. The van der Waals surface area contributed by atoms with Gasteiger partial charge < -0.3 is 14.3 Å². The molecule has 0 unspecified atom stereocenters. The number of hydrogen-bond donors (Lipinski definition) is 0. The SMILES string of the molecule is O=C([O-])c1ccc(=O)n(-c2cccc3ocnc23)c1.[Li+]. The standard InChI is InChI=1S/C13H8N2O4.Li/c16-11-5-4-8(13(17)18)6-15(11)9-2-1-3-10-12(9)14-7-19-10;/h1-7H,(H,17,18);/q;+1/p-1. The molecule has 0 amide bonds. The molecule has 0 radical (unpaired) electrons. The summed E-state index contributed by atoms with van der Waals surface area (Å²) in [5.74, 6) is -1.35. The van der Waals surface area contributed by atoms with E-state index in [1.54, 1.807) is 18.2 Å². The molecule has 0 aliphatic rings. The van der Waals surface area contributed by atoms with Crippen LogP contribution in [-0.2, 0) is 0 Å². The summed E-state index contributed by atoms with van der Waals surface area (Å²) in [5, 5.41) is 10.8. The van der Waals surface area contributed by atoms with Gasteiger partial charge in [-0.05, 0) is 18.2 Å². The molecule has 3 rings (SSSR count). The van der Waals surface area contributed by atoms with Crippen molar-refractivity contribution in [1.82, 2.24) is 9.55 Å². The second kappa shape index (κ2) is 5.37. The Morgan fingerprint density at radius 1 is 1.25 bits per heavy atom. The van der Waals surface area contributed by atoms with Crippen molar-refractivity contribution in [1.29, 1.82) is 0 Å². The number of rotatable bonds is 2. The first kappa shape index (κ1) is 14.1. The van der Waals surface area contributed by atoms with Crippen molar-refractivity contribution >= 4 is 17.1 Å². The van der Waals surface area contributed by atoms with Crippen molar-refractivity contribution in [2.75, 3.05) is 0 Å². The number of aromatic carboxylic acids is 1. The Morgan fingerprint density at radius 3 is 2.80 bits per heavy atom. The molecule has 0 spiro atoms. The van der Waals surface area contributed by atoms with E-state index in [1.165, 1.54) is 29.3 Å². The maximum Gasteiger partial charge on any atom is 1.00 e. The van der Waals surface area contributed by atoms with Crippen molar-refractivity contribution in [2.45, 2.75) is 0 Å². The van der Waals surface area contributed by atoms with Gasteiger partial charge in [0.1, 0.15) is 5.52 Å². The van der Waals surface area contributed by atoms with Crippen LogP contribution < -0.4 is 29.5 Å². The zero-order valence-corrected chi connectivity index (χ0v) is 10.6. The van der Waals surface area contributed by atoms with Crippen molar-refractivity contribution in [3.63, 3.8) is 0 Å². The summed E-state index contributed by atoms with van der Waals surface area (Å²) in [6.07, 6.45) is 2.48. The Balaban J connectivity index is 0.00000147. The molecule has 20 heavy (non-hydrogen) atoms. The molecular formula is C13H7LiN2O4. The molecule has 0 aliphatic carbocycles. The number of benzene rings is 1. The van der Waals surface area contributed by atoms with Crippen molar-refractivity contribution in [3.05, 3.63) is 58.8 Å². The number of carboxylic acid groups (broad SMARTS) is 1. The molecule has 0 atom stereocenters. The van der Waals surface area contributed by atoms with Crippen LogP contribution in [0.5, 0.6) is 0 Å². The number of carbonyl (C=O) groups is 1. The Labute approximate surface area is 124 Å². The number of carboxylic acids is 1. The van der Waals surface area contributed by atoms with E-state index >= 15 is 0 Å². The molecule has 0 N–H and O–H groups in total. The number of hydrogen-bond acceptors (Lipinski definition) is 5. The molecule has 0 bridgehead atoms. The van der Waals surface area contributed by atoms with Crippen LogP contribution in [0, 0.1) is 0 Å². The van der Waals surface area contributed by atoms with Gasteiger partial charge in [-0.2, -0.15) is 0 Å². The Hall–Kier alpha value is -2.29. The number of carbonyl (C=O) groups excluding carboxylic acids is 1. The maximum atomic E-state index is 11.9. The van der Waals surface area contributed by atoms with Gasteiger partial charge in [0.15, 0.2) is 12.0 Å². The van der Waals surface area contributed by atoms with Crippen LogP contribution in [0.1, 0.15) is 10.4 Å². The summed E-state index contributed by atoms with van der Waals surface area (Å²) in [4.78, 5) is 26.7. The zero-order chi connectivity index (χ0) is 13.4. The van der Waals surface area contributed by atoms with E-state index in [0.29, 0.717) is 16.8 Å². The van der Waals surface area contributed by atoms with Gasteiger partial charge in [0.2, 0.25) is 0 Å². The van der Waals surface area contributed by atoms with Crippen LogP contribution in [-0.4, -0.2) is 15.5 Å². The van der Waals surface area contributed by atoms with Gasteiger partial charge in [-0.3, -0.25) is 9.36 Å². The van der Waals surface area contributed by atoms with E-state index in [2.05, 4.69) is 4.98 Å². The van der Waals surface area contributed by atoms with Crippen molar-refractivity contribution < 1.29 is 33.2 Å². The Morgan fingerprint density at radius 2 is 2.05 bits per heavy atom. The number of oxazole rings is 1. The second-order valence-electron chi connectivity index (χ2n) is 3.89. The molecule has 2 heterocycles. The molecule has 0 saturated heterocycles. The predicted octanol–water partition coefficient (Wildman–Crippen LogP) is -2.65. The van der Waals surface area contributed by atoms with Crippen LogP contribution in [0.2, 0.25) is 0 Å². The number of para-hydroxylation sites is 1. The fourth-order valence-corrected chi connectivity index (χ4v) is 1.86. The number of nitrogens with zero attached hydrogens (tertiary/aromatic N) is 2. The van der Waals surface area contributed by atoms with Gasteiger partial charge in [0.05, 0.1) is 11.7 Å². The molecule has 1 aromatic carbocycles. The van der Waals surface area contributed by atoms with Gasteiger partial charge in [0.25, 0.3) is 5.56 Å². The summed E-state index contributed by atoms with van der Waals surface area (Å²) in [6, 6.07) is 7.44. The van der Waals surface area contributed by atoms with Gasteiger partial charge in [0, 0.05) is 17.8 Å². The fraction of sp³-hybridized carbons (Fsp3) is 0. The number of aromatic nitrogens is 2. The van der Waals surface area contributed by atoms with E-state index in [-0.39, 0.29) is 30.0 Å². The van der Waals surface area contributed by atoms with E-state index in [4.69, 9.17) is 4.42 Å².